The van der Waals surface area contributed by atoms with E-state index in [1.165, 1.54) is 7.11 Å². The maximum atomic E-state index is 13.2. The summed E-state index contributed by atoms with van der Waals surface area (Å²) in [5, 5.41) is 2.77. The van der Waals surface area contributed by atoms with Crippen molar-refractivity contribution in [3.63, 3.8) is 0 Å². The molecule has 0 spiro atoms. The molecule has 0 radical (unpaired) electrons. The minimum atomic E-state index is -4.32. The number of nitrogens with one attached hydrogen (secondary N) is 1. The van der Waals surface area contributed by atoms with E-state index in [1.54, 1.807) is 46.2 Å². The largest absolute Gasteiger partial charge is 0.481 e. The van der Waals surface area contributed by atoms with Crippen molar-refractivity contribution in [2.45, 2.75) is 57.8 Å². The van der Waals surface area contributed by atoms with E-state index in [-0.39, 0.29) is 6.42 Å². The molecule has 9 nitrogen and oxygen atoms in total. The molecular weight excluding hydrogens is 501 g/mol. The minimum Gasteiger partial charge on any atom is -0.481 e. The highest BCUT2D eigenvalue weighted by Crippen LogP contribution is 2.33. The summed E-state index contributed by atoms with van der Waals surface area (Å²) in [5.74, 6) is 0.692. The second-order valence-electron chi connectivity index (χ2n) is 9.01. The third kappa shape index (κ3) is 6.35. The van der Waals surface area contributed by atoms with Gasteiger partial charge in [-0.25, -0.2) is 19.7 Å². The molecule has 204 valence electrons. The van der Waals surface area contributed by atoms with Gasteiger partial charge in [0.25, 0.3) is 5.88 Å². The molecule has 0 saturated heterocycles. The summed E-state index contributed by atoms with van der Waals surface area (Å²) in [4.78, 5) is 28.3. The van der Waals surface area contributed by atoms with Gasteiger partial charge >= 0.3 is 12.2 Å². The molecule has 1 aliphatic rings. The van der Waals surface area contributed by atoms with Gasteiger partial charge in [-0.2, -0.15) is 13.2 Å². The molecule has 4 heterocycles. The number of aromatic nitrogens is 4. The lowest BCUT2D eigenvalue weighted by Gasteiger charge is -2.30. The predicted octanol–water partition coefficient (Wildman–Crippen LogP) is 5.33. The molecule has 0 saturated carbocycles. The zero-order valence-electron chi connectivity index (χ0n) is 21.5. The maximum Gasteiger partial charge on any atom is 0.389 e. The molecule has 3 aromatic rings. The lowest BCUT2D eigenvalue weighted by molar-refractivity contribution is -0.136. The van der Waals surface area contributed by atoms with Crippen LogP contribution in [0.3, 0.4) is 0 Å². The van der Waals surface area contributed by atoms with E-state index in [1.807, 2.05) is 19.9 Å². The SMILES string of the molecule is CCN1C(=O)NC(CCC(F)(F)F)/C=C\CCCOc2nc(cn3ccnc23)-c2cc(cnc2OC)C1C. The molecule has 1 aliphatic heterocycles. The molecule has 0 fully saturated rings. The Labute approximate surface area is 218 Å². The molecule has 0 aliphatic carbocycles. The topological polar surface area (TPSA) is 93.9 Å². The van der Waals surface area contributed by atoms with Gasteiger partial charge in [-0.05, 0) is 44.7 Å². The van der Waals surface area contributed by atoms with Crippen molar-refractivity contribution in [3.05, 3.63) is 48.6 Å². The minimum absolute atomic E-state index is 0.254. The zero-order chi connectivity index (χ0) is 27.3. The Hall–Kier alpha value is -3.83. The number of allylic oxidation sites excluding steroid dienone is 1. The molecule has 2 unspecified atom stereocenters. The lowest BCUT2D eigenvalue weighted by Crippen LogP contribution is -2.45. The number of fused-ring (bicyclic) bond motifs is 7. The Kier molecular flexibility index (Phi) is 8.38. The zero-order valence-corrected chi connectivity index (χ0v) is 21.5. The number of halogens is 3. The number of hydrogen-bond acceptors (Lipinski definition) is 6. The summed E-state index contributed by atoms with van der Waals surface area (Å²) >= 11 is 0. The van der Waals surface area contributed by atoms with Gasteiger partial charge in [-0.1, -0.05) is 12.2 Å². The summed E-state index contributed by atoms with van der Waals surface area (Å²) in [6.07, 6.45) is 5.82. The number of pyridine rings is 1. The molecule has 12 heteroatoms. The Morgan fingerprint density at radius 1 is 1.29 bits per heavy atom. The highest BCUT2D eigenvalue weighted by molar-refractivity contribution is 5.75. The number of rotatable bonds is 4. The van der Waals surface area contributed by atoms with Gasteiger partial charge in [0.15, 0.2) is 0 Å². The highest BCUT2D eigenvalue weighted by atomic mass is 19.4. The lowest BCUT2D eigenvalue weighted by atomic mass is 10.1. The first kappa shape index (κ1) is 27.2. The van der Waals surface area contributed by atoms with E-state index in [2.05, 4.69) is 15.3 Å². The van der Waals surface area contributed by atoms with Gasteiger partial charge in [-0.15, -0.1) is 0 Å². The summed E-state index contributed by atoms with van der Waals surface area (Å²) in [6, 6.07) is 0.183. The maximum absolute atomic E-state index is 13.2. The Morgan fingerprint density at radius 2 is 2.11 bits per heavy atom. The number of hydrogen-bond donors (Lipinski definition) is 1. The van der Waals surface area contributed by atoms with Crippen LogP contribution in [0.5, 0.6) is 11.8 Å². The van der Waals surface area contributed by atoms with Crippen molar-refractivity contribution in [2.24, 2.45) is 0 Å². The third-order valence-electron chi connectivity index (χ3n) is 6.41. The van der Waals surface area contributed by atoms with Crippen LogP contribution >= 0.6 is 0 Å². The Balaban J connectivity index is 1.75. The van der Waals surface area contributed by atoms with Crippen LogP contribution < -0.4 is 14.8 Å². The normalized spacial score (nSPS) is 19.9. The quantitative estimate of drug-likeness (QED) is 0.457. The second-order valence-corrected chi connectivity index (χ2v) is 9.01. The fourth-order valence-corrected chi connectivity index (χ4v) is 4.35. The van der Waals surface area contributed by atoms with Crippen molar-refractivity contribution in [2.75, 3.05) is 20.3 Å². The van der Waals surface area contributed by atoms with Gasteiger partial charge < -0.3 is 24.1 Å². The molecule has 2 amide bonds. The molecule has 38 heavy (non-hydrogen) atoms. The monoisotopic (exact) mass is 532 g/mol. The fourth-order valence-electron chi connectivity index (χ4n) is 4.35. The van der Waals surface area contributed by atoms with Crippen LogP contribution in [0.4, 0.5) is 18.0 Å². The van der Waals surface area contributed by atoms with Crippen LogP contribution in [0.2, 0.25) is 0 Å². The van der Waals surface area contributed by atoms with Gasteiger partial charge in [0.05, 0.1) is 31.0 Å². The third-order valence-corrected chi connectivity index (χ3v) is 6.41. The standard InChI is InChI=1S/C26H31F3N6O3/c1-4-35-17(2)18-14-20(23(37-3)31-15-18)21-16-34-12-11-30-22(34)24(33-21)38-13-7-5-6-8-19(32-25(35)36)9-10-26(27,28)29/h6,8,11-12,14-17,19H,4-5,7,9-10,13H2,1-3H3,(H,32,36)/b8-6-. The summed E-state index contributed by atoms with van der Waals surface area (Å²) < 4.78 is 52.1. The molecular formula is C26H31F3N6O3. The number of nitrogens with zero attached hydrogens (tertiary/aromatic N) is 5. The first-order chi connectivity index (χ1) is 18.2. The van der Waals surface area contributed by atoms with Crippen LogP contribution in [0, 0.1) is 0 Å². The molecule has 2 atom stereocenters. The van der Waals surface area contributed by atoms with Crippen LogP contribution in [0.15, 0.2) is 43.0 Å². The second kappa shape index (κ2) is 11.7. The van der Waals surface area contributed by atoms with Gasteiger partial charge in [-0.3, -0.25) is 0 Å². The van der Waals surface area contributed by atoms with E-state index >= 15 is 0 Å². The van der Waals surface area contributed by atoms with E-state index in [9.17, 15) is 18.0 Å². The number of imidazole rings is 1. The number of alkyl halides is 3. The smallest absolute Gasteiger partial charge is 0.389 e. The van der Waals surface area contributed by atoms with Crippen LogP contribution in [-0.4, -0.2) is 62.8 Å². The average Bonchev–Trinajstić information content (AvgIpc) is 3.37. The first-order valence-electron chi connectivity index (χ1n) is 12.5. The van der Waals surface area contributed by atoms with E-state index in [0.717, 1.165) is 0 Å². The number of carbonyl (C=O) groups is 1. The van der Waals surface area contributed by atoms with E-state index < -0.39 is 30.7 Å². The van der Waals surface area contributed by atoms with Crippen LogP contribution in [0.1, 0.15) is 51.1 Å². The summed E-state index contributed by atoms with van der Waals surface area (Å²) in [7, 11) is 1.51. The van der Waals surface area contributed by atoms with Crippen LogP contribution in [-0.2, 0) is 0 Å². The highest BCUT2D eigenvalue weighted by Gasteiger charge is 2.29. The predicted molar refractivity (Wildman–Crippen MR) is 135 cm³/mol. The molecule has 3 aromatic heterocycles. The fraction of sp³-hybridized carbons (Fsp3) is 0.462. The van der Waals surface area contributed by atoms with Crippen molar-refractivity contribution in [1.82, 2.24) is 29.6 Å². The number of urea groups is 1. The van der Waals surface area contributed by atoms with Crippen molar-refractivity contribution < 1.29 is 27.4 Å². The first-order valence-corrected chi connectivity index (χ1v) is 12.5. The Bertz CT molecular complexity index is 1290. The van der Waals surface area contributed by atoms with Crippen molar-refractivity contribution >= 4 is 11.7 Å². The average molecular weight is 533 g/mol. The molecule has 4 bridgehead atoms. The van der Waals surface area contributed by atoms with Gasteiger partial charge in [0, 0.05) is 43.8 Å². The summed E-state index contributed by atoms with van der Waals surface area (Å²) in [5.41, 5.74) is 2.41. The number of ether oxygens (including phenoxy) is 2. The molecule has 0 aromatic carbocycles. The Morgan fingerprint density at radius 3 is 2.84 bits per heavy atom. The number of methoxy groups -OCH3 is 1. The number of carbonyl (C=O) groups excluding carboxylic acids is 1. The van der Waals surface area contributed by atoms with E-state index in [0.29, 0.717) is 60.2 Å². The number of amides is 2. The molecule has 4 rings (SSSR count). The van der Waals surface area contributed by atoms with Gasteiger partial charge in [0.1, 0.15) is 0 Å². The van der Waals surface area contributed by atoms with Crippen molar-refractivity contribution in [3.8, 4) is 23.0 Å². The molecule has 1 N–H and O–H groups in total. The van der Waals surface area contributed by atoms with Crippen molar-refractivity contribution in [1.29, 1.82) is 0 Å². The van der Waals surface area contributed by atoms with Crippen LogP contribution in [0.25, 0.3) is 16.9 Å². The summed E-state index contributed by atoms with van der Waals surface area (Å²) in [6.45, 7) is 4.31. The van der Waals surface area contributed by atoms with Gasteiger partial charge in [0.2, 0.25) is 11.5 Å². The van der Waals surface area contributed by atoms with E-state index in [4.69, 9.17) is 14.5 Å².